The van der Waals surface area contributed by atoms with Crippen LogP contribution in [0.25, 0.3) is 4.96 Å². The number of aryl methyl sites for hydroxylation is 1. The molecule has 2 aromatic carbocycles. The minimum absolute atomic E-state index is 0.0866. The lowest BCUT2D eigenvalue weighted by molar-refractivity contribution is 0.103. The number of ether oxygens (including phenoxy) is 1. The van der Waals surface area contributed by atoms with E-state index in [1.807, 2.05) is 12.3 Å². The van der Waals surface area contributed by atoms with E-state index in [0.29, 0.717) is 32.6 Å². The SMILES string of the molecule is Cc1csc2nc(COc3ccc(C(=O)c4ccc(Cl)cc4)cc3)cc(=O)n12. The largest absolute Gasteiger partial charge is 0.487 e. The molecule has 0 radical (unpaired) electrons. The Morgan fingerprint density at radius 2 is 1.75 bits per heavy atom. The summed E-state index contributed by atoms with van der Waals surface area (Å²) >= 11 is 7.28. The van der Waals surface area contributed by atoms with Gasteiger partial charge in [0.25, 0.3) is 5.56 Å². The van der Waals surface area contributed by atoms with Crippen LogP contribution in [0.4, 0.5) is 0 Å². The molecule has 0 saturated carbocycles. The fourth-order valence-corrected chi connectivity index (χ4v) is 3.82. The van der Waals surface area contributed by atoms with Gasteiger partial charge in [-0.15, -0.1) is 11.3 Å². The highest BCUT2D eigenvalue weighted by molar-refractivity contribution is 7.15. The van der Waals surface area contributed by atoms with Crippen LogP contribution in [0.15, 0.2) is 64.8 Å². The van der Waals surface area contributed by atoms with E-state index < -0.39 is 0 Å². The lowest BCUT2D eigenvalue weighted by atomic mass is 10.0. The van der Waals surface area contributed by atoms with E-state index in [1.165, 1.54) is 17.4 Å². The number of carbonyl (C=O) groups excluding carboxylic acids is 1. The molecule has 0 bridgehead atoms. The maximum Gasteiger partial charge on any atom is 0.259 e. The number of benzene rings is 2. The molecule has 0 saturated heterocycles. The third kappa shape index (κ3) is 3.69. The van der Waals surface area contributed by atoms with Gasteiger partial charge < -0.3 is 4.74 Å². The van der Waals surface area contributed by atoms with Gasteiger partial charge in [-0.05, 0) is 55.5 Å². The van der Waals surface area contributed by atoms with E-state index >= 15 is 0 Å². The zero-order valence-electron chi connectivity index (χ0n) is 14.9. The molecule has 0 fully saturated rings. The van der Waals surface area contributed by atoms with E-state index in [4.69, 9.17) is 16.3 Å². The summed E-state index contributed by atoms with van der Waals surface area (Å²) in [6, 6.07) is 15.1. The van der Waals surface area contributed by atoms with Gasteiger partial charge in [-0.25, -0.2) is 4.98 Å². The van der Waals surface area contributed by atoms with Gasteiger partial charge in [-0.2, -0.15) is 0 Å². The van der Waals surface area contributed by atoms with Gasteiger partial charge in [0.1, 0.15) is 12.4 Å². The van der Waals surface area contributed by atoms with Gasteiger partial charge in [0.05, 0.1) is 5.69 Å². The van der Waals surface area contributed by atoms with Crippen LogP contribution in [0.1, 0.15) is 27.3 Å². The summed E-state index contributed by atoms with van der Waals surface area (Å²) in [4.78, 5) is 29.8. The normalized spacial score (nSPS) is 10.9. The third-order valence-corrected chi connectivity index (χ3v) is 5.43. The van der Waals surface area contributed by atoms with Gasteiger partial charge in [0.15, 0.2) is 10.7 Å². The first-order chi connectivity index (χ1) is 13.5. The van der Waals surface area contributed by atoms with Gasteiger partial charge in [-0.1, -0.05) is 11.6 Å². The van der Waals surface area contributed by atoms with E-state index in [9.17, 15) is 9.59 Å². The first-order valence-electron chi connectivity index (χ1n) is 8.51. The predicted octanol–water partition coefficient (Wildman–Crippen LogP) is 4.53. The van der Waals surface area contributed by atoms with Gasteiger partial charge in [0, 0.05) is 33.3 Å². The van der Waals surface area contributed by atoms with Crippen molar-refractivity contribution in [3.8, 4) is 5.75 Å². The summed E-state index contributed by atoms with van der Waals surface area (Å²) in [7, 11) is 0. The average Bonchev–Trinajstić information content (AvgIpc) is 3.08. The Kier molecular flexibility index (Phi) is 4.98. The Morgan fingerprint density at radius 3 is 2.43 bits per heavy atom. The van der Waals surface area contributed by atoms with Crippen molar-refractivity contribution in [2.75, 3.05) is 0 Å². The average molecular weight is 411 g/mol. The van der Waals surface area contributed by atoms with Crippen LogP contribution in [0, 0.1) is 6.92 Å². The fourth-order valence-electron chi connectivity index (χ4n) is 2.80. The summed E-state index contributed by atoms with van der Waals surface area (Å²) in [5.74, 6) is 0.508. The molecule has 0 aliphatic heterocycles. The monoisotopic (exact) mass is 410 g/mol. The number of fused-ring (bicyclic) bond motifs is 1. The Morgan fingerprint density at radius 1 is 1.11 bits per heavy atom. The Balaban J connectivity index is 1.47. The molecule has 2 heterocycles. The van der Waals surface area contributed by atoms with Crippen LogP contribution in [0.3, 0.4) is 0 Å². The molecule has 0 atom stereocenters. The summed E-state index contributed by atoms with van der Waals surface area (Å²) in [6.07, 6.45) is 0. The maximum atomic E-state index is 12.5. The van der Waals surface area contributed by atoms with E-state index in [1.54, 1.807) is 52.9 Å². The highest BCUT2D eigenvalue weighted by atomic mass is 35.5. The van der Waals surface area contributed by atoms with Crippen molar-refractivity contribution in [3.05, 3.63) is 97.9 Å². The maximum absolute atomic E-state index is 12.5. The Bertz CT molecular complexity index is 1210. The van der Waals surface area contributed by atoms with E-state index in [0.717, 1.165) is 5.69 Å². The zero-order valence-corrected chi connectivity index (χ0v) is 16.5. The topological polar surface area (TPSA) is 60.7 Å². The van der Waals surface area contributed by atoms with Crippen molar-refractivity contribution in [2.24, 2.45) is 0 Å². The fraction of sp³-hybridized carbons (Fsp3) is 0.0952. The second-order valence-corrected chi connectivity index (χ2v) is 7.50. The molecule has 2 aromatic heterocycles. The molecule has 0 amide bonds. The predicted molar refractivity (Wildman–Crippen MR) is 110 cm³/mol. The Labute approximate surface area is 169 Å². The highest BCUT2D eigenvalue weighted by Gasteiger charge is 2.10. The van der Waals surface area contributed by atoms with E-state index in [-0.39, 0.29) is 17.9 Å². The summed E-state index contributed by atoms with van der Waals surface area (Å²) in [6.45, 7) is 2.04. The molecule has 0 aliphatic carbocycles. The number of aromatic nitrogens is 2. The second-order valence-electron chi connectivity index (χ2n) is 6.23. The molecule has 140 valence electrons. The number of carbonyl (C=O) groups is 1. The molecular formula is C21H15ClN2O3S. The first kappa shape index (κ1) is 18.4. The van der Waals surface area contributed by atoms with Gasteiger partial charge in [0.2, 0.25) is 0 Å². The van der Waals surface area contributed by atoms with Crippen molar-refractivity contribution in [3.63, 3.8) is 0 Å². The van der Waals surface area contributed by atoms with Crippen LogP contribution in [0.2, 0.25) is 5.02 Å². The summed E-state index contributed by atoms with van der Waals surface area (Å²) < 4.78 is 7.30. The van der Waals surface area contributed by atoms with Crippen molar-refractivity contribution >= 4 is 33.7 Å². The molecule has 0 unspecified atom stereocenters. The van der Waals surface area contributed by atoms with Crippen LogP contribution < -0.4 is 10.3 Å². The summed E-state index contributed by atoms with van der Waals surface area (Å²) in [5, 5.41) is 2.48. The van der Waals surface area contributed by atoms with Gasteiger partial charge in [-0.3, -0.25) is 14.0 Å². The van der Waals surface area contributed by atoms with Crippen LogP contribution in [-0.4, -0.2) is 15.2 Å². The van der Waals surface area contributed by atoms with E-state index in [2.05, 4.69) is 4.98 Å². The highest BCUT2D eigenvalue weighted by Crippen LogP contribution is 2.18. The van der Waals surface area contributed by atoms with Gasteiger partial charge >= 0.3 is 0 Å². The minimum Gasteiger partial charge on any atom is -0.487 e. The van der Waals surface area contributed by atoms with Crippen LogP contribution in [0.5, 0.6) is 5.75 Å². The molecule has 7 heteroatoms. The molecule has 28 heavy (non-hydrogen) atoms. The number of rotatable bonds is 5. The summed E-state index contributed by atoms with van der Waals surface area (Å²) in [5.41, 5.74) is 2.44. The smallest absolute Gasteiger partial charge is 0.259 e. The number of hydrogen-bond acceptors (Lipinski definition) is 5. The molecule has 4 rings (SSSR count). The number of ketones is 1. The quantitative estimate of drug-likeness (QED) is 0.453. The Hall–Kier alpha value is -2.96. The first-order valence-corrected chi connectivity index (χ1v) is 9.77. The standard InChI is InChI=1S/C21H15ClN2O3S/c1-13-12-28-21-23-17(10-19(25)24(13)21)11-27-18-8-4-15(5-9-18)20(26)14-2-6-16(22)7-3-14/h2-10,12H,11H2,1H3. The van der Waals surface area contributed by atoms with Crippen molar-refractivity contribution in [1.82, 2.24) is 9.38 Å². The number of thiazole rings is 1. The zero-order chi connectivity index (χ0) is 19.7. The third-order valence-electron chi connectivity index (χ3n) is 4.24. The van der Waals surface area contributed by atoms with Crippen molar-refractivity contribution < 1.29 is 9.53 Å². The molecule has 4 aromatic rings. The second kappa shape index (κ2) is 7.58. The number of halogens is 1. The molecule has 0 N–H and O–H groups in total. The molecule has 0 spiro atoms. The van der Waals surface area contributed by atoms with Crippen molar-refractivity contribution in [1.29, 1.82) is 0 Å². The number of hydrogen-bond donors (Lipinski definition) is 0. The number of nitrogens with zero attached hydrogens (tertiary/aromatic N) is 2. The van der Waals surface area contributed by atoms with Crippen LogP contribution in [-0.2, 0) is 6.61 Å². The van der Waals surface area contributed by atoms with Crippen molar-refractivity contribution in [2.45, 2.75) is 13.5 Å². The lowest BCUT2D eigenvalue weighted by Crippen LogP contribution is -2.15. The van der Waals surface area contributed by atoms with Crippen LogP contribution >= 0.6 is 22.9 Å². The molecule has 0 aliphatic rings. The molecular weight excluding hydrogens is 396 g/mol. The molecule has 5 nitrogen and oxygen atoms in total. The lowest BCUT2D eigenvalue weighted by Gasteiger charge is -2.07. The minimum atomic E-state index is -0.119.